The summed E-state index contributed by atoms with van der Waals surface area (Å²) in [6.45, 7) is 1.06. The van der Waals surface area contributed by atoms with Crippen molar-refractivity contribution >= 4 is 11.6 Å². The van der Waals surface area contributed by atoms with Crippen LogP contribution in [0.5, 0.6) is 0 Å². The van der Waals surface area contributed by atoms with Gasteiger partial charge in [0.05, 0.1) is 23.8 Å². The lowest BCUT2D eigenvalue weighted by atomic mass is 10.0. The van der Waals surface area contributed by atoms with Crippen LogP contribution in [0.2, 0.25) is 0 Å². The third kappa shape index (κ3) is 3.03. The molecule has 1 fully saturated rings. The maximum Gasteiger partial charge on any atom is 0.227 e. The van der Waals surface area contributed by atoms with Crippen molar-refractivity contribution in [3.05, 3.63) is 36.7 Å². The Morgan fingerprint density at radius 1 is 1.21 bits per heavy atom. The van der Waals surface area contributed by atoms with E-state index in [1.54, 1.807) is 18.6 Å². The third-order valence-electron chi connectivity index (χ3n) is 3.16. The van der Waals surface area contributed by atoms with E-state index in [1.165, 1.54) is 19.2 Å². The Morgan fingerprint density at radius 2 is 2.11 bits per heavy atom. The molecule has 0 unspecified atom stereocenters. The average Bonchev–Trinajstić information content (AvgIpc) is 2.49. The smallest absolute Gasteiger partial charge is 0.227 e. The molecule has 2 aromatic rings. The van der Waals surface area contributed by atoms with Crippen molar-refractivity contribution in [3.8, 4) is 0 Å². The van der Waals surface area contributed by atoms with Gasteiger partial charge in [-0.3, -0.25) is 0 Å². The Kier molecular flexibility index (Phi) is 3.60. The Hall–Kier alpha value is -2.08. The third-order valence-corrected chi connectivity index (χ3v) is 3.16. The van der Waals surface area contributed by atoms with Crippen molar-refractivity contribution in [1.82, 2.24) is 25.3 Å². The predicted octanol–water partition coefficient (Wildman–Crippen LogP) is 1.82. The summed E-state index contributed by atoms with van der Waals surface area (Å²) < 4.78 is 0. The molecule has 1 atom stereocenters. The van der Waals surface area contributed by atoms with E-state index < -0.39 is 0 Å². The van der Waals surface area contributed by atoms with Gasteiger partial charge >= 0.3 is 0 Å². The van der Waals surface area contributed by atoms with Crippen LogP contribution in [0.25, 0.3) is 0 Å². The molecule has 1 saturated heterocycles. The highest BCUT2D eigenvalue weighted by atomic mass is 15.1. The minimum absolute atomic E-state index is 0.337. The van der Waals surface area contributed by atoms with Gasteiger partial charge in [-0.15, -0.1) is 0 Å². The second kappa shape index (κ2) is 5.71. The first-order valence-electron chi connectivity index (χ1n) is 6.50. The van der Waals surface area contributed by atoms with Crippen LogP contribution in [0.4, 0.5) is 11.6 Å². The van der Waals surface area contributed by atoms with Gasteiger partial charge in [0, 0.05) is 12.2 Å². The van der Waals surface area contributed by atoms with E-state index in [0.717, 1.165) is 24.3 Å². The van der Waals surface area contributed by atoms with Crippen molar-refractivity contribution in [1.29, 1.82) is 0 Å². The zero-order chi connectivity index (χ0) is 12.9. The second-order valence-corrected chi connectivity index (χ2v) is 4.56. The van der Waals surface area contributed by atoms with Crippen LogP contribution >= 0.6 is 0 Å². The van der Waals surface area contributed by atoms with Crippen LogP contribution in [0.3, 0.4) is 0 Å². The number of rotatable bonds is 3. The van der Waals surface area contributed by atoms with Gasteiger partial charge in [0.1, 0.15) is 6.33 Å². The van der Waals surface area contributed by atoms with Gasteiger partial charge in [-0.25, -0.2) is 19.9 Å². The summed E-state index contributed by atoms with van der Waals surface area (Å²) in [5.74, 6) is 0.583. The maximum absolute atomic E-state index is 4.55. The molecular formula is C13H16N6. The molecule has 0 radical (unpaired) electrons. The fraction of sp³-hybridized carbons (Fsp3) is 0.385. The molecular weight excluding hydrogens is 240 g/mol. The van der Waals surface area contributed by atoms with Crippen LogP contribution in [-0.2, 0) is 0 Å². The average molecular weight is 256 g/mol. The summed E-state index contributed by atoms with van der Waals surface area (Å²) in [4.78, 5) is 16.7. The molecule has 19 heavy (non-hydrogen) atoms. The topological polar surface area (TPSA) is 75.6 Å². The van der Waals surface area contributed by atoms with Crippen LogP contribution in [-0.4, -0.2) is 26.5 Å². The van der Waals surface area contributed by atoms with Crippen molar-refractivity contribution in [2.75, 3.05) is 11.9 Å². The molecule has 1 aliphatic heterocycles. The van der Waals surface area contributed by atoms with E-state index in [2.05, 4.69) is 30.6 Å². The standard InChI is InChI=1S/C13H16N6/c1-2-5-16-11(3-1)12-4-6-17-13(19-12)18-10-7-14-9-15-8-10/h4,6-9,11,16H,1-3,5H2,(H,17,18,19)/t11-/m1/s1. The molecule has 2 aromatic heterocycles. The largest absolute Gasteiger partial charge is 0.322 e. The number of aromatic nitrogens is 4. The van der Waals surface area contributed by atoms with E-state index in [-0.39, 0.29) is 0 Å². The summed E-state index contributed by atoms with van der Waals surface area (Å²) in [6.07, 6.45) is 10.3. The lowest BCUT2D eigenvalue weighted by Crippen LogP contribution is -2.27. The zero-order valence-corrected chi connectivity index (χ0v) is 10.6. The second-order valence-electron chi connectivity index (χ2n) is 4.56. The molecule has 0 aromatic carbocycles. The summed E-state index contributed by atoms with van der Waals surface area (Å²) in [5, 5.41) is 6.59. The van der Waals surface area contributed by atoms with Crippen molar-refractivity contribution < 1.29 is 0 Å². The van der Waals surface area contributed by atoms with E-state index in [1.807, 2.05) is 6.07 Å². The molecule has 6 heteroatoms. The molecule has 0 spiro atoms. The fourth-order valence-corrected chi connectivity index (χ4v) is 2.22. The maximum atomic E-state index is 4.55. The Morgan fingerprint density at radius 3 is 2.89 bits per heavy atom. The normalized spacial score (nSPS) is 19.1. The zero-order valence-electron chi connectivity index (χ0n) is 10.6. The number of nitrogens with one attached hydrogen (secondary N) is 2. The predicted molar refractivity (Wildman–Crippen MR) is 71.9 cm³/mol. The Balaban J connectivity index is 1.76. The first kappa shape index (κ1) is 12.0. The molecule has 3 heterocycles. The Bertz CT molecular complexity index is 524. The number of piperidine rings is 1. The SMILES string of the molecule is c1ncc(Nc2nccc([C@H]3CCCCN3)n2)cn1. The molecule has 0 bridgehead atoms. The molecule has 0 aliphatic carbocycles. The number of hydrogen-bond donors (Lipinski definition) is 2. The van der Waals surface area contributed by atoms with Gasteiger partial charge in [0.2, 0.25) is 5.95 Å². The van der Waals surface area contributed by atoms with E-state index >= 15 is 0 Å². The van der Waals surface area contributed by atoms with E-state index in [9.17, 15) is 0 Å². The molecule has 0 amide bonds. The summed E-state index contributed by atoms with van der Waals surface area (Å²) in [6, 6.07) is 2.31. The summed E-state index contributed by atoms with van der Waals surface area (Å²) in [7, 11) is 0. The van der Waals surface area contributed by atoms with Crippen LogP contribution in [0.1, 0.15) is 31.0 Å². The monoisotopic (exact) mass is 256 g/mol. The first-order chi connectivity index (χ1) is 9.42. The van der Waals surface area contributed by atoms with Gasteiger partial charge in [-0.1, -0.05) is 6.42 Å². The minimum Gasteiger partial charge on any atom is -0.322 e. The van der Waals surface area contributed by atoms with Crippen molar-refractivity contribution in [3.63, 3.8) is 0 Å². The highest BCUT2D eigenvalue weighted by Crippen LogP contribution is 2.22. The first-order valence-corrected chi connectivity index (χ1v) is 6.50. The van der Waals surface area contributed by atoms with E-state index in [4.69, 9.17) is 0 Å². The highest BCUT2D eigenvalue weighted by Gasteiger charge is 2.16. The lowest BCUT2D eigenvalue weighted by molar-refractivity contribution is 0.405. The van der Waals surface area contributed by atoms with Crippen LogP contribution in [0.15, 0.2) is 31.0 Å². The Labute approximate surface area is 111 Å². The minimum atomic E-state index is 0.337. The lowest BCUT2D eigenvalue weighted by Gasteiger charge is -2.23. The molecule has 3 rings (SSSR count). The quantitative estimate of drug-likeness (QED) is 0.872. The molecule has 0 saturated carbocycles. The number of hydrogen-bond acceptors (Lipinski definition) is 6. The molecule has 6 nitrogen and oxygen atoms in total. The van der Waals surface area contributed by atoms with Gasteiger partial charge in [-0.2, -0.15) is 0 Å². The molecule has 2 N–H and O–H groups in total. The van der Waals surface area contributed by atoms with Crippen molar-refractivity contribution in [2.24, 2.45) is 0 Å². The van der Waals surface area contributed by atoms with E-state index in [0.29, 0.717) is 12.0 Å². The van der Waals surface area contributed by atoms with Crippen LogP contribution in [0, 0.1) is 0 Å². The van der Waals surface area contributed by atoms with Crippen LogP contribution < -0.4 is 10.6 Å². The number of nitrogens with zero attached hydrogens (tertiary/aromatic N) is 4. The summed E-state index contributed by atoms with van der Waals surface area (Å²) in [5.41, 5.74) is 1.82. The fourth-order valence-electron chi connectivity index (χ4n) is 2.22. The van der Waals surface area contributed by atoms with Gasteiger partial charge in [0.15, 0.2) is 0 Å². The van der Waals surface area contributed by atoms with Gasteiger partial charge < -0.3 is 10.6 Å². The summed E-state index contributed by atoms with van der Waals surface area (Å²) >= 11 is 0. The molecule has 98 valence electrons. The van der Waals surface area contributed by atoms with Crippen molar-refractivity contribution in [2.45, 2.75) is 25.3 Å². The molecule has 1 aliphatic rings. The highest BCUT2D eigenvalue weighted by molar-refractivity contribution is 5.49. The number of anilines is 2. The van der Waals surface area contributed by atoms with Gasteiger partial charge in [0.25, 0.3) is 0 Å². The van der Waals surface area contributed by atoms with Gasteiger partial charge in [-0.05, 0) is 25.5 Å².